The largest absolute Gasteiger partial charge is 0.504 e. The Balaban J connectivity index is 0.00000116. The minimum Gasteiger partial charge on any atom is -0.504 e. The molecule has 3 N–H and O–H groups in total. The predicted octanol–water partition coefficient (Wildman–Crippen LogP) is 4.17. The van der Waals surface area contributed by atoms with Crippen molar-refractivity contribution < 1.29 is 10.2 Å². The highest BCUT2D eigenvalue weighted by Gasteiger charge is 2.17. The lowest BCUT2D eigenvalue weighted by atomic mass is 9.88. The molecule has 2 rings (SSSR count). The van der Waals surface area contributed by atoms with Crippen molar-refractivity contribution in [1.82, 2.24) is 5.32 Å². The Morgan fingerprint density at radius 2 is 1.59 bits per heavy atom. The number of rotatable bonds is 5. The predicted molar refractivity (Wildman–Crippen MR) is 92.7 cm³/mol. The number of benzene rings is 2. The van der Waals surface area contributed by atoms with Crippen molar-refractivity contribution in [2.45, 2.75) is 33.6 Å². The van der Waals surface area contributed by atoms with Gasteiger partial charge >= 0.3 is 0 Å². The van der Waals surface area contributed by atoms with Gasteiger partial charge in [-0.2, -0.15) is 0 Å². The van der Waals surface area contributed by atoms with Gasteiger partial charge in [0.25, 0.3) is 0 Å². The average molecular weight is 301 g/mol. The first-order valence-electron chi connectivity index (χ1n) is 7.91. The third-order valence-electron chi connectivity index (χ3n) is 3.54. The molecule has 0 amide bonds. The zero-order valence-electron chi connectivity index (χ0n) is 13.9. The summed E-state index contributed by atoms with van der Waals surface area (Å²) in [4.78, 5) is 0. The van der Waals surface area contributed by atoms with Gasteiger partial charge in [0.2, 0.25) is 0 Å². The molecule has 120 valence electrons. The van der Waals surface area contributed by atoms with E-state index in [2.05, 4.69) is 24.4 Å². The summed E-state index contributed by atoms with van der Waals surface area (Å²) in [5.74, 6) is 0.0205. The van der Waals surface area contributed by atoms with E-state index in [-0.39, 0.29) is 17.4 Å². The summed E-state index contributed by atoms with van der Waals surface area (Å²) in [7, 11) is 0. The van der Waals surface area contributed by atoms with E-state index in [9.17, 15) is 10.2 Å². The second kappa shape index (κ2) is 9.11. The van der Waals surface area contributed by atoms with Crippen LogP contribution in [0.2, 0.25) is 0 Å². The van der Waals surface area contributed by atoms with Gasteiger partial charge < -0.3 is 15.5 Å². The summed E-state index contributed by atoms with van der Waals surface area (Å²) < 4.78 is 0. The third-order valence-corrected chi connectivity index (χ3v) is 3.54. The lowest BCUT2D eigenvalue weighted by Gasteiger charge is -2.21. The lowest BCUT2D eigenvalue weighted by Crippen LogP contribution is -2.22. The number of likely N-dealkylation sites (N-methyl/N-ethyl adjacent to an activating group) is 1. The molecule has 0 fully saturated rings. The number of phenols is 2. The van der Waals surface area contributed by atoms with Crippen LogP contribution in [0.15, 0.2) is 42.5 Å². The van der Waals surface area contributed by atoms with Gasteiger partial charge in [-0.1, -0.05) is 51.1 Å². The second-order valence-electron chi connectivity index (χ2n) is 4.97. The lowest BCUT2D eigenvalue weighted by molar-refractivity contribution is 0.402. The number of hydrogen-bond donors (Lipinski definition) is 3. The van der Waals surface area contributed by atoms with Gasteiger partial charge in [-0.25, -0.2) is 0 Å². The van der Waals surface area contributed by atoms with Gasteiger partial charge in [-0.15, -0.1) is 0 Å². The molecule has 2 aromatic carbocycles. The maximum absolute atomic E-state index is 9.78. The Hall–Kier alpha value is -2.00. The van der Waals surface area contributed by atoms with Crippen molar-refractivity contribution in [3.05, 3.63) is 59.2 Å². The molecule has 0 bridgehead atoms. The Bertz CT molecular complexity index is 567. The SMILES string of the molecule is CC.CCNCC(c1ccccc1)c1cc(O)c(O)cc1C. The quantitative estimate of drug-likeness (QED) is 0.726. The van der Waals surface area contributed by atoms with Crippen LogP contribution in [0, 0.1) is 6.92 Å². The first-order valence-corrected chi connectivity index (χ1v) is 7.91. The molecule has 0 aliphatic heterocycles. The molecule has 22 heavy (non-hydrogen) atoms. The summed E-state index contributed by atoms with van der Waals surface area (Å²) in [6, 6.07) is 13.5. The van der Waals surface area contributed by atoms with E-state index in [0.717, 1.165) is 24.2 Å². The molecule has 3 nitrogen and oxygen atoms in total. The Morgan fingerprint density at radius 1 is 1.00 bits per heavy atom. The maximum Gasteiger partial charge on any atom is 0.157 e. The van der Waals surface area contributed by atoms with Gasteiger partial charge in [0, 0.05) is 12.5 Å². The highest BCUT2D eigenvalue weighted by molar-refractivity contribution is 5.49. The number of phenolic OH excluding ortho intramolecular Hbond substituents is 2. The van der Waals surface area contributed by atoms with E-state index in [1.165, 1.54) is 5.56 Å². The summed E-state index contributed by atoms with van der Waals surface area (Å²) in [5, 5.41) is 22.7. The Morgan fingerprint density at radius 3 is 2.18 bits per heavy atom. The second-order valence-corrected chi connectivity index (χ2v) is 4.97. The molecular formula is C19H27NO2. The van der Waals surface area contributed by atoms with Gasteiger partial charge in [0.1, 0.15) is 0 Å². The van der Waals surface area contributed by atoms with Gasteiger partial charge in [-0.05, 0) is 42.3 Å². The highest BCUT2D eigenvalue weighted by atomic mass is 16.3. The molecule has 0 aromatic heterocycles. The Labute approximate surface area is 133 Å². The zero-order valence-corrected chi connectivity index (χ0v) is 13.9. The molecule has 0 saturated carbocycles. The normalized spacial score (nSPS) is 11.5. The molecule has 0 aliphatic rings. The van der Waals surface area contributed by atoms with Gasteiger partial charge in [0.05, 0.1) is 0 Å². The summed E-state index contributed by atoms with van der Waals surface area (Å²) in [5.41, 5.74) is 3.21. The third kappa shape index (κ3) is 4.50. The van der Waals surface area contributed by atoms with Crippen molar-refractivity contribution in [2.75, 3.05) is 13.1 Å². The fourth-order valence-electron chi connectivity index (χ4n) is 2.45. The maximum atomic E-state index is 9.78. The summed E-state index contributed by atoms with van der Waals surface area (Å²) in [6.45, 7) is 9.72. The van der Waals surface area contributed by atoms with E-state index in [0.29, 0.717) is 0 Å². The van der Waals surface area contributed by atoms with E-state index in [1.54, 1.807) is 12.1 Å². The fourth-order valence-corrected chi connectivity index (χ4v) is 2.45. The number of nitrogens with one attached hydrogen (secondary N) is 1. The topological polar surface area (TPSA) is 52.5 Å². The van der Waals surface area contributed by atoms with Crippen LogP contribution in [-0.4, -0.2) is 23.3 Å². The van der Waals surface area contributed by atoms with E-state index in [4.69, 9.17) is 0 Å². The molecular weight excluding hydrogens is 274 g/mol. The van der Waals surface area contributed by atoms with Crippen molar-refractivity contribution in [2.24, 2.45) is 0 Å². The molecule has 0 aliphatic carbocycles. The van der Waals surface area contributed by atoms with Gasteiger partial charge in [0.15, 0.2) is 11.5 Å². The van der Waals surface area contributed by atoms with Crippen molar-refractivity contribution in [3.8, 4) is 11.5 Å². The van der Waals surface area contributed by atoms with Crippen LogP contribution < -0.4 is 5.32 Å². The number of hydrogen-bond acceptors (Lipinski definition) is 3. The Kier molecular flexibility index (Phi) is 7.47. The summed E-state index contributed by atoms with van der Waals surface area (Å²) in [6.07, 6.45) is 0. The van der Waals surface area contributed by atoms with Crippen LogP contribution in [-0.2, 0) is 0 Å². The van der Waals surface area contributed by atoms with Crippen molar-refractivity contribution >= 4 is 0 Å². The van der Waals surface area contributed by atoms with Crippen LogP contribution in [0.1, 0.15) is 43.4 Å². The first kappa shape index (κ1) is 18.1. The monoisotopic (exact) mass is 301 g/mol. The summed E-state index contributed by atoms with van der Waals surface area (Å²) >= 11 is 0. The van der Waals surface area contributed by atoms with E-state index >= 15 is 0 Å². The number of aromatic hydroxyl groups is 2. The standard InChI is InChI=1S/C17H21NO2.C2H6/c1-3-18-11-15(13-7-5-4-6-8-13)14-10-17(20)16(19)9-12(14)2;1-2/h4-10,15,18-20H,3,11H2,1-2H3;1-2H3. The van der Waals surface area contributed by atoms with Crippen LogP contribution in [0.4, 0.5) is 0 Å². The van der Waals surface area contributed by atoms with Gasteiger partial charge in [-0.3, -0.25) is 0 Å². The van der Waals surface area contributed by atoms with Crippen LogP contribution in [0.3, 0.4) is 0 Å². The molecule has 3 heteroatoms. The van der Waals surface area contributed by atoms with Crippen molar-refractivity contribution in [3.63, 3.8) is 0 Å². The van der Waals surface area contributed by atoms with Crippen molar-refractivity contribution in [1.29, 1.82) is 0 Å². The minimum atomic E-state index is -0.0680. The zero-order chi connectivity index (χ0) is 16.5. The average Bonchev–Trinajstić information content (AvgIpc) is 2.55. The highest BCUT2D eigenvalue weighted by Crippen LogP contribution is 2.34. The molecule has 0 radical (unpaired) electrons. The van der Waals surface area contributed by atoms with Crippen LogP contribution in [0.25, 0.3) is 0 Å². The molecule has 2 aromatic rings. The fraction of sp³-hybridized carbons (Fsp3) is 0.368. The number of aryl methyl sites for hydroxylation is 1. The van der Waals surface area contributed by atoms with E-state index in [1.807, 2.05) is 39.0 Å². The van der Waals surface area contributed by atoms with E-state index < -0.39 is 0 Å². The molecule has 0 heterocycles. The first-order chi connectivity index (χ1) is 10.6. The minimum absolute atomic E-state index is 0.0666. The molecule has 0 saturated heterocycles. The smallest absolute Gasteiger partial charge is 0.157 e. The molecule has 1 unspecified atom stereocenters. The van der Waals surface area contributed by atoms with Crippen LogP contribution in [0.5, 0.6) is 11.5 Å². The molecule has 0 spiro atoms. The molecule has 1 atom stereocenters. The van der Waals surface area contributed by atoms with Crippen LogP contribution >= 0.6 is 0 Å².